The minimum Gasteiger partial charge on any atom is -0.315 e. The number of halogens is 1. The zero-order valence-electron chi connectivity index (χ0n) is 12.8. The molecule has 3 rings (SSSR count). The molecule has 2 heterocycles. The van der Waals surface area contributed by atoms with Gasteiger partial charge in [-0.3, -0.25) is 4.79 Å². The third-order valence-corrected chi connectivity index (χ3v) is 4.75. The van der Waals surface area contributed by atoms with Gasteiger partial charge in [-0.1, -0.05) is 24.6 Å². The average molecular weight is 350 g/mol. The third-order valence-electron chi connectivity index (χ3n) is 3.32. The van der Waals surface area contributed by atoms with Gasteiger partial charge in [0.25, 0.3) is 0 Å². The van der Waals surface area contributed by atoms with E-state index in [-0.39, 0.29) is 12.3 Å². The van der Waals surface area contributed by atoms with Crippen molar-refractivity contribution >= 4 is 45.1 Å². The molecule has 3 aromatic rings. The van der Waals surface area contributed by atoms with Crippen LogP contribution < -0.4 is 5.32 Å². The van der Waals surface area contributed by atoms with Crippen LogP contribution in [-0.2, 0) is 17.8 Å². The highest BCUT2D eigenvalue weighted by atomic mass is 35.5. The number of carbonyl (C=O) groups excluding carboxylic acids is 1. The van der Waals surface area contributed by atoms with Gasteiger partial charge in [0.1, 0.15) is 16.0 Å². The maximum Gasteiger partial charge on any atom is 0.229 e. The number of hydrogen-bond donors (Lipinski definition) is 1. The fourth-order valence-corrected chi connectivity index (χ4v) is 3.16. The molecule has 6 nitrogen and oxygen atoms in total. The molecule has 8 heteroatoms. The molecule has 1 N–H and O–H groups in total. The first-order chi connectivity index (χ1) is 11.1. The van der Waals surface area contributed by atoms with Crippen LogP contribution in [-0.4, -0.2) is 25.3 Å². The first-order valence-corrected chi connectivity index (χ1v) is 8.47. The summed E-state index contributed by atoms with van der Waals surface area (Å²) in [6.07, 6.45) is 1.23. The molecule has 0 atom stereocenters. The molecular weight excluding hydrogens is 334 g/mol. The summed E-state index contributed by atoms with van der Waals surface area (Å²) in [5.41, 5.74) is 3.25. The van der Waals surface area contributed by atoms with Crippen LogP contribution in [0.1, 0.15) is 24.6 Å². The predicted molar refractivity (Wildman–Crippen MR) is 92.0 cm³/mol. The maximum absolute atomic E-state index is 12.2. The van der Waals surface area contributed by atoms with E-state index >= 15 is 0 Å². The van der Waals surface area contributed by atoms with E-state index in [1.54, 1.807) is 4.80 Å². The zero-order valence-corrected chi connectivity index (χ0v) is 14.4. The van der Waals surface area contributed by atoms with E-state index in [4.69, 9.17) is 11.6 Å². The van der Waals surface area contributed by atoms with Gasteiger partial charge in [0.05, 0.1) is 23.7 Å². The van der Waals surface area contributed by atoms with E-state index in [9.17, 15) is 4.79 Å². The molecule has 23 heavy (non-hydrogen) atoms. The van der Waals surface area contributed by atoms with Crippen LogP contribution in [0.3, 0.4) is 0 Å². The summed E-state index contributed by atoms with van der Waals surface area (Å²) in [5.74, 6) is -0.129. The van der Waals surface area contributed by atoms with Gasteiger partial charge < -0.3 is 5.32 Å². The van der Waals surface area contributed by atoms with Crippen LogP contribution in [0.4, 0.5) is 5.00 Å². The lowest BCUT2D eigenvalue weighted by Gasteiger charge is -2.03. The van der Waals surface area contributed by atoms with Crippen molar-refractivity contribution in [2.75, 3.05) is 5.32 Å². The molecule has 0 aliphatic heterocycles. The van der Waals surface area contributed by atoms with E-state index in [1.165, 1.54) is 11.5 Å². The minimum atomic E-state index is -0.129. The lowest BCUT2D eigenvalue weighted by Crippen LogP contribution is -2.13. The number of fused-ring (bicyclic) bond motifs is 1. The number of hydrogen-bond acceptors (Lipinski definition) is 5. The molecule has 0 radical (unpaired) electrons. The number of aromatic nitrogens is 4. The van der Waals surface area contributed by atoms with Gasteiger partial charge in [0.2, 0.25) is 5.91 Å². The Hall–Kier alpha value is -1.99. The van der Waals surface area contributed by atoms with Crippen LogP contribution in [0, 0.1) is 6.92 Å². The molecule has 2 aromatic heterocycles. The lowest BCUT2D eigenvalue weighted by atomic mass is 10.1. The standard InChI is InChI=1S/C15H16ClN5OS/c1-3-6-21-18-11-5-4-10(7-12(11)19-21)8-13(22)17-15-14(16)9(2)20-23-15/h4-5,7H,3,6,8H2,1-2H3,(H,17,22). The first kappa shape index (κ1) is 15.9. The Morgan fingerprint density at radius 3 is 2.83 bits per heavy atom. The molecule has 0 saturated heterocycles. The van der Waals surface area contributed by atoms with Crippen LogP contribution in [0.15, 0.2) is 18.2 Å². The summed E-state index contributed by atoms with van der Waals surface area (Å²) < 4.78 is 4.11. The van der Waals surface area contributed by atoms with Crippen LogP contribution in [0.2, 0.25) is 5.02 Å². The Morgan fingerprint density at radius 1 is 1.35 bits per heavy atom. The van der Waals surface area contributed by atoms with Crippen molar-refractivity contribution in [3.05, 3.63) is 34.5 Å². The molecular formula is C15H16ClN5OS. The van der Waals surface area contributed by atoms with Crippen LogP contribution >= 0.6 is 23.1 Å². The molecule has 0 unspecified atom stereocenters. The molecule has 0 aliphatic rings. The number of rotatable bonds is 5. The fraction of sp³-hybridized carbons (Fsp3) is 0.333. The monoisotopic (exact) mass is 349 g/mol. The van der Waals surface area contributed by atoms with E-state index < -0.39 is 0 Å². The van der Waals surface area contributed by atoms with E-state index in [1.807, 2.05) is 25.1 Å². The number of anilines is 1. The largest absolute Gasteiger partial charge is 0.315 e. The van der Waals surface area contributed by atoms with Gasteiger partial charge in [-0.15, -0.1) is 0 Å². The SMILES string of the molecule is CCCn1nc2ccc(CC(=O)Nc3snc(C)c3Cl)cc2n1. The molecule has 0 saturated carbocycles. The van der Waals surface area contributed by atoms with Crippen LogP contribution in [0.5, 0.6) is 0 Å². The summed E-state index contributed by atoms with van der Waals surface area (Å²) >= 11 is 7.27. The highest BCUT2D eigenvalue weighted by Gasteiger charge is 2.12. The van der Waals surface area contributed by atoms with Gasteiger partial charge >= 0.3 is 0 Å². The number of nitrogens with one attached hydrogen (secondary N) is 1. The number of amides is 1. The first-order valence-electron chi connectivity index (χ1n) is 7.32. The Bertz CT molecular complexity index is 857. The van der Waals surface area contributed by atoms with Crippen molar-refractivity contribution in [2.24, 2.45) is 0 Å². The number of aryl methyl sites for hydroxylation is 2. The van der Waals surface area contributed by atoms with Gasteiger partial charge in [0, 0.05) is 0 Å². The van der Waals surface area contributed by atoms with E-state index in [0.717, 1.165) is 35.3 Å². The molecule has 1 amide bonds. The second-order valence-electron chi connectivity index (χ2n) is 5.26. The summed E-state index contributed by atoms with van der Waals surface area (Å²) in [6.45, 7) is 4.67. The van der Waals surface area contributed by atoms with Gasteiger partial charge in [-0.25, -0.2) is 0 Å². The van der Waals surface area contributed by atoms with Crippen molar-refractivity contribution < 1.29 is 4.79 Å². The predicted octanol–water partition coefficient (Wildman–Crippen LogP) is 3.44. The molecule has 0 fully saturated rings. The lowest BCUT2D eigenvalue weighted by molar-refractivity contribution is -0.115. The van der Waals surface area contributed by atoms with Crippen molar-refractivity contribution in [1.29, 1.82) is 0 Å². The summed E-state index contributed by atoms with van der Waals surface area (Å²) in [4.78, 5) is 13.8. The van der Waals surface area contributed by atoms with E-state index in [0.29, 0.717) is 10.0 Å². The maximum atomic E-state index is 12.2. The number of nitrogens with zero attached hydrogens (tertiary/aromatic N) is 4. The fourth-order valence-electron chi connectivity index (χ4n) is 2.21. The number of benzene rings is 1. The minimum absolute atomic E-state index is 0.129. The highest BCUT2D eigenvalue weighted by Crippen LogP contribution is 2.29. The normalized spacial score (nSPS) is 11.1. The second kappa shape index (κ2) is 6.64. The van der Waals surface area contributed by atoms with Crippen molar-refractivity contribution in [2.45, 2.75) is 33.2 Å². The number of carbonyl (C=O) groups is 1. The topological polar surface area (TPSA) is 72.7 Å². The average Bonchev–Trinajstić information content (AvgIpc) is 3.05. The molecule has 1 aromatic carbocycles. The second-order valence-corrected chi connectivity index (χ2v) is 6.41. The Morgan fingerprint density at radius 2 is 2.13 bits per heavy atom. The van der Waals surface area contributed by atoms with Crippen molar-refractivity contribution in [1.82, 2.24) is 19.4 Å². The highest BCUT2D eigenvalue weighted by molar-refractivity contribution is 7.11. The zero-order chi connectivity index (χ0) is 16.4. The van der Waals surface area contributed by atoms with Crippen LogP contribution in [0.25, 0.3) is 11.0 Å². The Labute approximate surface area is 142 Å². The van der Waals surface area contributed by atoms with E-state index in [2.05, 4.69) is 26.8 Å². The third kappa shape index (κ3) is 3.51. The smallest absolute Gasteiger partial charge is 0.229 e. The van der Waals surface area contributed by atoms with Crippen molar-refractivity contribution in [3.63, 3.8) is 0 Å². The quantitative estimate of drug-likeness (QED) is 0.765. The summed E-state index contributed by atoms with van der Waals surface area (Å²) in [5, 5.41) is 12.7. The molecule has 0 bridgehead atoms. The van der Waals surface area contributed by atoms with Gasteiger partial charge in [-0.05, 0) is 42.6 Å². The molecule has 0 spiro atoms. The molecule has 0 aliphatic carbocycles. The van der Waals surface area contributed by atoms with Gasteiger partial charge in [0.15, 0.2) is 0 Å². The van der Waals surface area contributed by atoms with Crippen molar-refractivity contribution in [3.8, 4) is 0 Å². The Balaban J connectivity index is 1.72. The summed E-state index contributed by atoms with van der Waals surface area (Å²) in [7, 11) is 0. The van der Waals surface area contributed by atoms with Gasteiger partial charge in [-0.2, -0.15) is 19.4 Å². The summed E-state index contributed by atoms with van der Waals surface area (Å²) in [6, 6.07) is 5.68. The molecule has 120 valence electrons. The Kier molecular flexibility index (Phi) is 4.58.